The number of aliphatic hydroxyl groups is 1. The minimum Gasteiger partial charge on any atom is -0.474 e. The van der Waals surface area contributed by atoms with Crippen molar-refractivity contribution in [1.29, 1.82) is 0 Å². The Bertz CT molecular complexity index is 973. The maximum atomic E-state index is 11.8. The highest BCUT2D eigenvalue weighted by Crippen LogP contribution is 2.31. The molecule has 8 heteroatoms. The van der Waals surface area contributed by atoms with E-state index in [-0.39, 0.29) is 12.0 Å². The Kier molecular flexibility index (Phi) is 5.90. The summed E-state index contributed by atoms with van der Waals surface area (Å²) in [4.78, 5) is 27.0. The van der Waals surface area contributed by atoms with E-state index < -0.39 is 5.60 Å². The Labute approximate surface area is 189 Å². The average Bonchev–Trinajstić information content (AvgIpc) is 2.76. The molecule has 1 aliphatic carbocycles. The zero-order valence-electron chi connectivity index (χ0n) is 18.9. The molecule has 0 radical (unpaired) electrons. The zero-order valence-corrected chi connectivity index (χ0v) is 18.9. The molecule has 3 heterocycles. The molecule has 1 N–H and O–H groups in total. The number of hydrogen-bond donors (Lipinski definition) is 1. The van der Waals surface area contributed by atoms with Gasteiger partial charge in [-0.1, -0.05) is 0 Å². The molecule has 3 aliphatic rings. The molecule has 1 atom stereocenters. The zero-order chi connectivity index (χ0) is 22.1. The van der Waals surface area contributed by atoms with E-state index >= 15 is 0 Å². The van der Waals surface area contributed by atoms with Crippen LogP contribution in [0, 0.1) is 0 Å². The summed E-state index contributed by atoms with van der Waals surface area (Å²) in [5.74, 6) is 0.739. The third-order valence-electron chi connectivity index (χ3n) is 7.17. The van der Waals surface area contributed by atoms with Gasteiger partial charge in [0.2, 0.25) is 11.8 Å². The number of amides is 1. The SMILES string of the molecule is CC(=O)N1CCCC(O)(CN2CCN(c3ccc4ncnc(OC5CCC5)c4c3)CC2)C1. The van der Waals surface area contributed by atoms with Crippen molar-refractivity contribution in [3.63, 3.8) is 0 Å². The maximum Gasteiger partial charge on any atom is 0.224 e. The van der Waals surface area contributed by atoms with Gasteiger partial charge in [0.1, 0.15) is 12.4 Å². The average molecular weight is 440 g/mol. The van der Waals surface area contributed by atoms with Crippen LogP contribution in [0.15, 0.2) is 24.5 Å². The number of rotatable bonds is 5. The van der Waals surface area contributed by atoms with Gasteiger partial charge in [-0.25, -0.2) is 9.97 Å². The Hall–Kier alpha value is -2.45. The summed E-state index contributed by atoms with van der Waals surface area (Å²) in [7, 11) is 0. The maximum absolute atomic E-state index is 11.8. The first-order valence-corrected chi connectivity index (χ1v) is 11.9. The largest absolute Gasteiger partial charge is 0.474 e. The van der Waals surface area contributed by atoms with Gasteiger partial charge in [0, 0.05) is 51.9 Å². The Balaban J connectivity index is 1.23. The number of piperidine rings is 1. The van der Waals surface area contributed by atoms with E-state index in [1.165, 1.54) is 6.42 Å². The lowest BCUT2D eigenvalue weighted by Crippen LogP contribution is -2.58. The molecule has 8 nitrogen and oxygen atoms in total. The van der Waals surface area contributed by atoms with Gasteiger partial charge in [0.15, 0.2) is 0 Å². The first-order chi connectivity index (χ1) is 15.5. The minimum absolute atomic E-state index is 0.0499. The van der Waals surface area contributed by atoms with E-state index in [2.05, 4.69) is 31.9 Å². The van der Waals surface area contributed by atoms with Crippen molar-refractivity contribution >= 4 is 22.5 Å². The predicted molar refractivity (Wildman–Crippen MR) is 123 cm³/mol. The number of anilines is 1. The molecule has 2 saturated heterocycles. The summed E-state index contributed by atoms with van der Waals surface area (Å²) in [5.41, 5.74) is 1.26. The number of benzene rings is 1. The van der Waals surface area contributed by atoms with Gasteiger partial charge in [0.25, 0.3) is 0 Å². The van der Waals surface area contributed by atoms with Gasteiger partial charge in [0.05, 0.1) is 23.0 Å². The van der Waals surface area contributed by atoms with Crippen molar-refractivity contribution in [2.75, 3.05) is 50.7 Å². The number of nitrogens with zero attached hydrogens (tertiary/aromatic N) is 5. The second-order valence-corrected chi connectivity index (χ2v) is 9.58. The summed E-state index contributed by atoms with van der Waals surface area (Å²) in [6.45, 7) is 6.96. The number of ether oxygens (including phenoxy) is 1. The quantitative estimate of drug-likeness (QED) is 0.764. The molecule has 172 valence electrons. The third kappa shape index (κ3) is 4.52. The summed E-state index contributed by atoms with van der Waals surface area (Å²) in [6.07, 6.45) is 6.91. The minimum atomic E-state index is -0.805. The molecule has 5 rings (SSSR count). The Morgan fingerprint density at radius 3 is 2.69 bits per heavy atom. The fraction of sp³-hybridized carbons (Fsp3) is 0.625. The smallest absolute Gasteiger partial charge is 0.224 e. The van der Waals surface area contributed by atoms with Crippen LogP contribution in [0.3, 0.4) is 0 Å². The van der Waals surface area contributed by atoms with E-state index in [9.17, 15) is 9.90 Å². The molecule has 32 heavy (non-hydrogen) atoms. The highest BCUT2D eigenvalue weighted by atomic mass is 16.5. The van der Waals surface area contributed by atoms with Crippen LogP contribution in [0.2, 0.25) is 0 Å². The van der Waals surface area contributed by atoms with Crippen molar-refractivity contribution in [3.8, 4) is 5.88 Å². The van der Waals surface area contributed by atoms with Crippen LogP contribution in [0.4, 0.5) is 5.69 Å². The van der Waals surface area contributed by atoms with Gasteiger partial charge in [-0.15, -0.1) is 0 Å². The van der Waals surface area contributed by atoms with E-state index in [1.807, 2.05) is 6.07 Å². The van der Waals surface area contributed by atoms with Gasteiger partial charge in [-0.3, -0.25) is 9.69 Å². The number of β-amino-alcohol motifs (C(OH)–C–C–N with tert-alkyl or cyclic N) is 1. The number of likely N-dealkylation sites (tertiary alicyclic amines) is 1. The Morgan fingerprint density at radius 1 is 1.16 bits per heavy atom. The highest BCUT2D eigenvalue weighted by molar-refractivity contribution is 5.86. The number of fused-ring (bicyclic) bond motifs is 1. The molecule has 0 spiro atoms. The fourth-order valence-corrected chi connectivity index (χ4v) is 5.05. The van der Waals surface area contributed by atoms with Crippen molar-refractivity contribution in [3.05, 3.63) is 24.5 Å². The lowest BCUT2D eigenvalue weighted by molar-refractivity contribution is -0.137. The number of carbonyl (C=O) groups excluding carboxylic acids is 1. The lowest BCUT2D eigenvalue weighted by atomic mass is 9.92. The molecule has 0 bridgehead atoms. The molecular weight excluding hydrogens is 406 g/mol. The van der Waals surface area contributed by atoms with Crippen LogP contribution in [0.25, 0.3) is 10.9 Å². The first-order valence-electron chi connectivity index (χ1n) is 11.9. The molecule has 2 aromatic rings. The van der Waals surface area contributed by atoms with E-state index in [0.717, 1.165) is 75.0 Å². The molecule has 2 aliphatic heterocycles. The van der Waals surface area contributed by atoms with E-state index in [0.29, 0.717) is 19.0 Å². The van der Waals surface area contributed by atoms with E-state index in [1.54, 1.807) is 18.2 Å². The summed E-state index contributed by atoms with van der Waals surface area (Å²) >= 11 is 0. The second kappa shape index (κ2) is 8.83. The lowest BCUT2D eigenvalue weighted by Gasteiger charge is -2.44. The van der Waals surface area contributed by atoms with Crippen LogP contribution in [0.5, 0.6) is 5.88 Å². The van der Waals surface area contributed by atoms with Gasteiger partial charge in [-0.2, -0.15) is 0 Å². The third-order valence-corrected chi connectivity index (χ3v) is 7.17. The Morgan fingerprint density at radius 2 is 1.97 bits per heavy atom. The number of carbonyl (C=O) groups is 1. The molecule has 1 amide bonds. The highest BCUT2D eigenvalue weighted by Gasteiger charge is 2.36. The number of piperazine rings is 1. The van der Waals surface area contributed by atoms with Crippen molar-refractivity contribution in [2.45, 2.75) is 50.7 Å². The molecule has 1 saturated carbocycles. The van der Waals surface area contributed by atoms with Crippen LogP contribution in [-0.4, -0.2) is 88.3 Å². The molecule has 1 aromatic heterocycles. The van der Waals surface area contributed by atoms with Gasteiger partial charge >= 0.3 is 0 Å². The van der Waals surface area contributed by atoms with E-state index in [4.69, 9.17) is 4.74 Å². The fourth-order valence-electron chi connectivity index (χ4n) is 5.05. The van der Waals surface area contributed by atoms with Gasteiger partial charge < -0.3 is 19.6 Å². The van der Waals surface area contributed by atoms with Crippen molar-refractivity contribution in [2.24, 2.45) is 0 Å². The van der Waals surface area contributed by atoms with Crippen LogP contribution < -0.4 is 9.64 Å². The van der Waals surface area contributed by atoms with Crippen LogP contribution in [-0.2, 0) is 4.79 Å². The van der Waals surface area contributed by atoms with Gasteiger partial charge in [-0.05, 0) is 50.3 Å². The molecule has 3 fully saturated rings. The standard InChI is InChI=1S/C24H33N5O3/c1-18(30)29-9-3-8-24(31,16-29)15-27-10-12-28(13-11-27)19-6-7-22-21(14-19)23(26-17-25-22)32-20-4-2-5-20/h6-7,14,17,20,31H,2-5,8-13,15-16H2,1H3. The summed E-state index contributed by atoms with van der Waals surface area (Å²) in [5, 5.41) is 12.1. The monoisotopic (exact) mass is 439 g/mol. The first kappa shape index (κ1) is 21.4. The van der Waals surface area contributed by atoms with Crippen LogP contribution >= 0.6 is 0 Å². The number of aromatic nitrogens is 2. The summed E-state index contributed by atoms with van der Waals surface area (Å²) in [6, 6.07) is 6.32. The van der Waals surface area contributed by atoms with Crippen LogP contribution in [0.1, 0.15) is 39.0 Å². The topological polar surface area (TPSA) is 82.0 Å². The normalized spacial score (nSPS) is 25.1. The van der Waals surface area contributed by atoms with Crippen molar-refractivity contribution < 1.29 is 14.6 Å². The molecule has 1 aromatic carbocycles. The predicted octanol–water partition coefficient (Wildman–Crippen LogP) is 2.06. The second-order valence-electron chi connectivity index (χ2n) is 9.58. The summed E-state index contributed by atoms with van der Waals surface area (Å²) < 4.78 is 6.11. The molecule has 1 unspecified atom stereocenters. The molecular formula is C24H33N5O3. The van der Waals surface area contributed by atoms with Crippen molar-refractivity contribution in [1.82, 2.24) is 19.8 Å². The number of hydrogen-bond acceptors (Lipinski definition) is 7.